The molecular formula is C25H32FNO4SSi. The zero-order valence-electron chi connectivity index (χ0n) is 20.0. The minimum atomic E-state index is -4.12. The summed E-state index contributed by atoms with van der Waals surface area (Å²) in [7, 11) is -6.32. The first-order chi connectivity index (χ1) is 15.1. The fourth-order valence-corrected chi connectivity index (χ4v) is 5.60. The lowest BCUT2D eigenvalue weighted by atomic mass is 10.0. The molecule has 0 bridgehead atoms. The number of benzene rings is 2. The Morgan fingerprint density at radius 2 is 1.67 bits per heavy atom. The number of hydrogen-bond donors (Lipinski definition) is 1. The van der Waals surface area contributed by atoms with Crippen molar-refractivity contribution < 1.29 is 22.4 Å². The van der Waals surface area contributed by atoms with Crippen molar-refractivity contribution in [2.24, 2.45) is 0 Å². The van der Waals surface area contributed by atoms with Gasteiger partial charge in [-0.15, -0.1) is 0 Å². The molecule has 0 aliphatic rings. The number of rotatable bonds is 8. The van der Waals surface area contributed by atoms with Crippen LogP contribution in [0.1, 0.15) is 44.7 Å². The van der Waals surface area contributed by atoms with Crippen LogP contribution in [0.3, 0.4) is 0 Å². The van der Waals surface area contributed by atoms with Crippen LogP contribution in [0.5, 0.6) is 0 Å². The SMILES string of the molecule is Cc1ccc(S(=O)(=O)NC(=O)/C(=C/CCC(=O)[Si](C)(C)C(C)(C)C)c2cccc(F)c2)cc1. The molecule has 2 rings (SSSR count). The second-order valence-electron chi connectivity index (χ2n) is 9.71. The maximum Gasteiger partial charge on any atom is 0.265 e. The predicted octanol–water partition coefficient (Wildman–Crippen LogP) is 5.42. The summed E-state index contributed by atoms with van der Waals surface area (Å²) >= 11 is 0. The molecule has 0 aliphatic heterocycles. The lowest BCUT2D eigenvalue weighted by Crippen LogP contribution is -2.46. The molecule has 0 saturated carbocycles. The molecule has 0 heterocycles. The average Bonchev–Trinajstić information content (AvgIpc) is 2.70. The Bertz CT molecular complexity index is 1160. The van der Waals surface area contributed by atoms with Crippen molar-refractivity contribution in [2.75, 3.05) is 0 Å². The highest BCUT2D eigenvalue weighted by molar-refractivity contribution is 7.90. The highest BCUT2D eigenvalue weighted by atomic mass is 32.2. The minimum Gasteiger partial charge on any atom is -0.305 e. The normalized spacial score (nSPS) is 13.0. The summed E-state index contributed by atoms with van der Waals surface area (Å²) in [6, 6.07) is 11.5. The van der Waals surface area contributed by atoms with Gasteiger partial charge in [-0.2, -0.15) is 0 Å². The molecule has 0 atom stereocenters. The van der Waals surface area contributed by atoms with Gasteiger partial charge in [0.15, 0.2) is 0 Å². The van der Waals surface area contributed by atoms with Gasteiger partial charge < -0.3 is 4.79 Å². The molecule has 178 valence electrons. The monoisotopic (exact) mass is 489 g/mol. The topological polar surface area (TPSA) is 80.3 Å². The van der Waals surface area contributed by atoms with E-state index in [1.54, 1.807) is 12.1 Å². The first-order valence-electron chi connectivity index (χ1n) is 10.8. The Kier molecular flexibility index (Phi) is 8.19. The molecule has 5 nitrogen and oxygen atoms in total. The van der Waals surface area contributed by atoms with E-state index in [1.165, 1.54) is 42.5 Å². The van der Waals surface area contributed by atoms with Crippen LogP contribution in [-0.4, -0.2) is 27.8 Å². The van der Waals surface area contributed by atoms with Gasteiger partial charge in [-0.1, -0.05) is 69.8 Å². The van der Waals surface area contributed by atoms with Gasteiger partial charge in [0.25, 0.3) is 15.9 Å². The Morgan fingerprint density at radius 1 is 1.06 bits per heavy atom. The molecule has 2 aromatic carbocycles. The van der Waals surface area contributed by atoms with Crippen LogP contribution in [0.2, 0.25) is 18.1 Å². The van der Waals surface area contributed by atoms with E-state index in [2.05, 4.69) is 25.5 Å². The third kappa shape index (κ3) is 6.71. The highest BCUT2D eigenvalue weighted by Gasteiger charge is 2.41. The van der Waals surface area contributed by atoms with E-state index in [0.29, 0.717) is 0 Å². The van der Waals surface area contributed by atoms with Crippen molar-refractivity contribution in [1.82, 2.24) is 4.72 Å². The number of halogens is 1. The molecule has 1 N–H and O–H groups in total. The zero-order chi connectivity index (χ0) is 25.0. The molecule has 0 fully saturated rings. The summed E-state index contributed by atoms with van der Waals surface area (Å²) in [4.78, 5) is 25.8. The van der Waals surface area contributed by atoms with Crippen LogP contribution in [0.25, 0.3) is 5.57 Å². The van der Waals surface area contributed by atoms with E-state index >= 15 is 0 Å². The molecule has 0 radical (unpaired) electrons. The first kappa shape index (κ1) is 26.7. The van der Waals surface area contributed by atoms with E-state index in [1.807, 2.05) is 20.0 Å². The molecule has 33 heavy (non-hydrogen) atoms. The molecular weight excluding hydrogens is 457 g/mol. The van der Waals surface area contributed by atoms with Crippen LogP contribution in [0.15, 0.2) is 59.5 Å². The zero-order valence-corrected chi connectivity index (χ0v) is 21.8. The summed E-state index contributed by atoms with van der Waals surface area (Å²) in [5, 5.41) is 0.0520. The standard InChI is InChI=1S/C25H32FNO4SSi/c1-18-13-15-21(16-14-18)32(30,31)27-24(29)22(19-9-7-10-20(26)17-19)11-8-12-23(28)33(5,6)25(2,3)4/h7,9-11,13-17H,8,12H2,1-6H3,(H,27,29)/b22-11+. The lowest BCUT2D eigenvalue weighted by molar-refractivity contribution is -0.114. The van der Waals surface area contributed by atoms with Gasteiger partial charge in [-0.25, -0.2) is 17.5 Å². The van der Waals surface area contributed by atoms with Crippen molar-refractivity contribution in [2.45, 2.75) is 63.6 Å². The van der Waals surface area contributed by atoms with Crippen LogP contribution in [0.4, 0.5) is 4.39 Å². The summed E-state index contributed by atoms with van der Waals surface area (Å²) < 4.78 is 41.3. The average molecular weight is 490 g/mol. The number of allylic oxidation sites excluding steroid dienone is 1. The van der Waals surface area contributed by atoms with Crippen molar-refractivity contribution in [3.05, 3.63) is 71.6 Å². The largest absolute Gasteiger partial charge is 0.305 e. The molecule has 0 spiro atoms. The quantitative estimate of drug-likeness (QED) is 0.397. The van der Waals surface area contributed by atoms with E-state index in [-0.39, 0.29) is 39.3 Å². The maximum absolute atomic E-state index is 13.8. The number of amides is 1. The van der Waals surface area contributed by atoms with Crippen molar-refractivity contribution in [3.8, 4) is 0 Å². The summed E-state index contributed by atoms with van der Waals surface area (Å²) in [6.45, 7) is 12.0. The Labute approximate surface area is 197 Å². The second kappa shape index (κ2) is 10.1. The number of nitrogens with one attached hydrogen (secondary N) is 1. The van der Waals surface area contributed by atoms with Crippen LogP contribution in [0, 0.1) is 12.7 Å². The maximum atomic E-state index is 13.8. The number of carbonyl (C=O) groups is 2. The molecule has 0 aromatic heterocycles. The number of carbonyl (C=O) groups excluding carboxylic acids is 2. The van der Waals surface area contributed by atoms with E-state index in [0.717, 1.165) is 5.56 Å². The molecule has 0 aliphatic carbocycles. The Hall–Kier alpha value is -2.58. The highest BCUT2D eigenvalue weighted by Crippen LogP contribution is 2.37. The van der Waals surface area contributed by atoms with Gasteiger partial charge >= 0.3 is 0 Å². The van der Waals surface area contributed by atoms with E-state index < -0.39 is 29.8 Å². The van der Waals surface area contributed by atoms with Gasteiger partial charge in [0.05, 0.1) is 4.90 Å². The van der Waals surface area contributed by atoms with Gasteiger partial charge in [0.2, 0.25) is 0 Å². The number of sulfonamides is 1. The van der Waals surface area contributed by atoms with Crippen molar-refractivity contribution in [3.63, 3.8) is 0 Å². The van der Waals surface area contributed by atoms with Gasteiger partial charge in [0.1, 0.15) is 19.3 Å². The number of hydrogen-bond acceptors (Lipinski definition) is 4. The minimum absolute atomic E-state index is 0.00761. The van der Waals surface area contributed by atoms with Crippen LogP contribution >= 0.6 is 0 Å². The molecule has 8 heteroatoms. The van der Waals surface area contributed by atoms with Gasteiger partial charge in [0, 0.05) is 12.0 Å². The van der Waals surface area contributed by atoms with Crippen molar-refractivity contribution >= 4 is 35.0 Å². The van der Waals surface area contributed by atoms with Gasteiger partial charge in [-0.3, -0.25) is 4.79 Å². The molecule has 1 amide bonds. The first-order valence-corrected chi connectivity index (χ1v) is 15.3. The third-order valence-electron chi connectivity index (χ3n) is 6.23. The van der Waals surface area contributed by atoms with Crippen molar-refractivity contribution in [1.29, 1.82) is 0 Å². The number of aryl methyl sites for hydroxylation is 1. The predicted molar refractivity (Wildman–Crippen MR) is 132 cm³/mol. The Morgan fingerprint density at radius 3 is 2.21 bits per heavy atom. The Balaban J connectivity index is 2.32. The lowest BCUT2D eigenvalue weighted by Gasteiger charge is -2.35. The summed E-state index contributed by atoms with van der Waals surface area (Å²) in [6.07, 6.45) is 1.99. The van der Waals surface area contributed by atoms with Gasteiger partial charge in [-0.05, 0) is 48.2 Å². The second-order valence-corrected chi connectivity index (χ2v) is 16.7. The van der Waals surface area contributed by atoms with Crippen LogP contribution in [-0.2, 0) is 19.6 Å². The molecule has 0 unspecified atom stereocenters. The van der Waals surface area contributed by atoms with E-state index in [4.69, 9.17) is 0 Å². The fraction of sp³-hybridized carbons (Fsp3) is 0.360. The smallest absolute Gasteiger partial charge is 0.265 e. The summed E-state index contributed by atoms with van der Waals surface area (Å²) in [5.41, 5.74) is 1.13. The molecule has 2 aromatic rings. The van der Waals surface area contributed by atoms with Crippen LogP contribution < -0.4 is 4.72 Å². The molecule has 0 saturated heterocycles. The summed E-state index contributed by atoms with van der Waals surface area (Å²) in [5.74, 6) is -1.43. The fourth-order valence-electron chi connectivity index (χ4n) is 3.03. The third-order valence-corrected chi connectivity index (χ3v) is 13.0. The van der Waals surface area contributed by atoms with E-state index in [9.17, 15) is 22.4 Å².